The van der Waals surface area contributed by atoms with E-state index in [-0.39, 0.29) is 28.3 Å². The van der Waals surface area contributed by atoms with Crippen LogP contribution < -0.4 is 0 Å². The van der Waals surface area contributed by atoms with Crippen LogP contribution in [0.2, 0.25) is 36.3 Å². The van der Waals surface area contributed by atoms with Crippen molar-refractivity contribution < 1.29 is 18.4 Å². The van der Waals surface area contributed by atoms with Crippen molar-refractivity contribution >= 4 is 22.6 Å². The molecular weight excluding hydrogens is 420 g/mol. The third-order valence-electron chi connectivity index (χ3n) is 6.56. The van der Waals surface area contributed by atoms with Gasteiger partial charge in [-0.25, -0.2) is 0 Å². The lowest BCUT2D eigenvalue weighted by Gasteiger charge is -2.44. The molecule has 0 aliphatic carbocycles. The fourth-order valence-corrected chi connectivity index (χ4v) is 5.06. The Labute approximate surface area is 194 Å². The first-order valence-corrected chi connectivity index (χ1v) is 17.0. The second kappa shape index (κ2) is 12.2. The molecule has 0 amide bonds. The van der Waals surface area contributed by atoms with Crippen molar-refractivity contribution in [3.05, 3.63) is 24.3 Å². The Kier molecular flexibility index (Phi) is 11.7. The van der Waals surface area contributed by atoms with Gasteiger partial charge in [0.2, 0.25) is 0 Å². The molecule has 0 aliphatic heterocycles. The van der Waals surface area contributed by atoms with E-state index in [2.05, 4.69) is 79.7 Å². The Hall–Kier alpha value is -1.14. The molecule has 6 heteroatoms. The summed E-state index contributed by atoms with van der Waals surface area (Å²) in [5.41, 5.74) is 0. The lowest BCUT2D eigenvalue weighted by atomic mass is 10.1. The van der Waals surface area contributed by atoms with Crippen molar-refractivity contribution in [2.24, 2.45) is 0 Å². The van der Waals surface area contributed by atoms with E-state index in [4.69, 9.17) is 20.0 Å². The lowest BCUT2D eigenvalue weighted by Crippen LogP contribution is -2.51. The van der Waals surface area contributed by atoms with Gasteiger partial charge in [0.15, 0.2) is 16.6 Å². The topological polar surface area (TPSA) is 44.8 Å². The van der Waals surface area contributed by atoms with Gasteiger partial charge in [-0.1, -0.05) is 65.7 Å². The van der Waals surface area contributed by atoms with Gasteiger partial charge in [0.05, 0.1) is 19.3 Å². The molecule has 0 aromatic rings. The predicted molar refractivity (Wildman–Crippen MR) is 137 cm³/mol. The summed E-state index contributed by atoms with van der Waals surface area (Å²) >= 11 is 0. The molecule has 0 fully saturated rings. The highest BCUT2D eigenvalue weighted by atomic mass is 28.4. The molecule has 0 radical (unpaired) electrons. The van der Waals surface area contributed by atoms with Gasteiger partial charge in [0, 0.05) is 6.42 Å². The summed E-state index contributed by atoms with van der Waals surface area (Å²) in [5, 5.41) is 0.142. The Morgan fingerprint density at radius 1 is 0.968 bits per heavy atom. The Balaban J connectivity index is 6.01. The van der Waals surface area contributed by atoms with Crippen LogP contribution in [0.5, 0.6) is 0 Å². The summed E-state index contributed by atoms with van der Waals surface area (Å²) < 4.78 is 18.5. The Bertz CT molecular complexity index is 658. The van der Waals surface area contributed by atoms with Crippen LogP contribution in [0.4, 0.5) is 0 Å². The van der Waals surface area contributed by atoms with Crippen molar-refractivity contribution in [2.75, 3.05) is 7.11 Å². The quantitative estimate of drug-likeness (QED) is 0.144. The first-order valence-electron chi connectivity index (χ1n) is 11.2. The first kappa shape index (κ1) is 29.9. The second-order valence-corrected chi connectivity index (χ2v) is 20.7. The molecule has 0 N–H and O–H groups in total. The summed E-state index contributed by atoms with van der Waals surface area (Å²) in [6, 6.07) is 0. The van der Waals surface area contributed by atoms with Crippen LogP contribution in [0.1, 0.15) is 60.8 Å². The van der Waals surface area contributed by atoms with Crippen LogP contribution in [-0.4, -0.2) is 41.9 Å². The zero-order valence-corrected chi connectivity index (χ0v) is 23.8. The van der Waals surface area contributed by atoms with E-state index >= 15 is 0 Å². The van der Waals surface area contributed by atoms with Crippen LogP contribution >= 0.6 is 0 Å². The number of terminal acetylenes is 1. The number of hydrogen-bond donors (Lipinski definition) is 0. The summed E-state index contributed by atoms with van der Waals surface area (Å²) in [6.45, 7) is 22.4. The van der Waals surface area contributed by atoms with Gasteiger partial charge in [-0.3, -0.25) is 4.79 Å². The van der Waals surface area contributed by atoms with E-state index in [1.807, 2.05) is 12.2 Å². The fourth-order valence-electron chi connectivity index (χ4n) is 2.44. The fraction of sp³-hybridized carbons (Fsp3) is 0.720. The average molecular weight is 467 g/mol. The number of esters is 1. The van der Waals surface area contributed by atoms with Gasteiger partial charge in [-0.15, -0.1) is 6.42 Å². The normalized spacial score (nSPS) is 15.8. The van der Waals surface area contributed by atoms with Crippen LogP contribution in [0, 0.1) is 12.3 Å². The van der Waals surface area contributed by atoms with Crippen molar-refractivity contribution in [1.29, 1.82) is 0 Å². The van der Waals surface area contributed by atoms with Crippen molar-refractivity contribution in [3.63, 3.8) is 0 Å². The highest BCUT2D eigenvalue weighted by molar-refractivity contribution is 6.74. The zero-order valence-electron chi connectivity index (χ0n) is 21.8. The monoisotopic (exact) mass is 466 g/mol. The van der Waals surface area contributed by atoms with Crippen LogP contribution in [0.3, 0.4) is 0 Å². The van der Waals surface area contributed by atoms with E-state index < -0.39 is 16.6 Å². The molecule has 0 saturated heterocycles. The molecular formula is C25H46O4Si2. The molecule has 0 saturated carbocycles. The van der Waals surface area contributed by atoms with Crippen LogP contribution in [-0.2, 0) is 18.4 Å². The molecule has 0 aromatic carbocycles. The third kappa shape index (κ3) is 10.3. The molecule has 0 unspecified atom stereocenters. The highest BCUT2D eigenvalue weighted by Gasteiger charge is 2.44. The summed E-state index contributed by atoms with van der Waals surface area (Å²) in [7, 11) is -2.69. The predicted octanol–water partition coefficient (Wildman–Crippen LogP) is 6.86. The average Bonchev–Trinajstić information content (AvgIpc) is 2.61. The SMILES string of the molecule is C#CC=CC=C[C@@H](O[Si](C)(C)C(C)(C)C)[C@H](CCCC(=O)OC)O[Si](C)(C)C(C)(C)C. The molecule has 31 heavy (non-hydrogen) atoms. The van der Waals surface area contributed by atoms with Gasteiger partial charge < -0.3 is 13.6 Å². The number of ether oxygens (including phenoxy) is 1. The van der Waals surface area contributed by atoms with Crippen LogP contribution in [0.25, 0.3) is 0 Å². The van der Waals surface area contributed by atoms with E-state index in [9.17, 15) is 4.79 Å². The number of methoxy groups -OCH3 is 1. The minimum atomic E-state index is -2.06. The summed E-state index contributed by atoms with van der Waals surface area (Å²) in [6.07, 6.45) is 14.3. The van der Waals surface area contributed by atoms with Crippen molar-refractivity contribution in [3.8, 4) is 12.3 Å². The summed E-state index contributed by atoms with van der Waals surface area (Å²) in [5.74, 6) is 2.32. The van der Waals surface area contributed by atoms with E-state index in [1.54, 1.807) is 6.08 Å². The number of allylic oxidation sites excluding steroid dienone is 3. The zero-order chi connectivity index (χ0) is 24.5. The van der Waals surface area contributed by atoms with E-state index in [1.165, 1.54) is 7.11 Å². The molecule has 0 rings (SSSR count). The van der Waals surface area contributed by atoms with Gasteiger partial charge in [-0.05, 0) is 55.2 Å². The van der Waals surface area contributed by atoms with Gasteiger partial charge >= 0.3 is 5.97 Å². The number of hydrogen-bond acceptors (Lipinski definition) is 4. The molecule has 0 aliphatic rings. The van der Waals surface area contributed by atoms with Gasteiger partial charge in [-0.2, -0.15) is 0 Å². The maximum Gasteiger partial charge on any atom is 0.305 e. The minimum Gasteiger partial charge on any atom is -0.469 e. The Morgan fingerprint density at radius 2 is 1.48 bits per heavy atom. The minimum absolute atomic E-state index is 0.0707. The van der Waals surface area contributed by atoms with Gasteiger partial charge in [0.1, 0.15) is 0 Å². The highest BCUT2D eigenvalue weighted by Crippen LogP contribution is 2.41. The molecule has 2 atom stereocenters. The molecule has 0 heterocycles. The number of rotatable bonds is 11. The maximum atomic E-state index is 11.7. The van der Waals surface area contributed by atoms with Crippen molar-refractivity contribution in [1.82, 2.24) is 0 Å². The van der Waals surface area contributed by atoms with Crippen LogP contribution in [0.15, 0.2) is 24.3 Å². The molecule has 0 aromatic heterocycles. The third-order valence-corrected chi connectivity index (χ3v) is 15.5. The number of carbonyl (C=O) groups is 1. The Morgan fingerprint density at radius 3 is 1.94 bits per heavy atom. The second-order valence-electron chi connectivity index (χ2n) is 11.1. The van der Waals surface area contributed by atoms with Crippen molar-refractivity contribution in [2.45, 2.75) is 109 Å². The molecule has 0 spiro atoms. The smallest absolute Gasteiger partial charge is 0.305 e. The molecule has 178 valence electrons. The van der Waals surface area contributed by atoms with E-state index in [0.29, 0.717) is 12.8 Å². The first-order chi connectivity index (χ1) is 14.0. The number of carbonyl (C=O) groups excluding carboxylic acids is 1. The van der Waals surface area contributed by atoms with Gasteiger partial charge in [0.25, 0.3) is 0 Å². The lowest BCUT2D eigenvalue weighted by molar-refractivity contribution is -0.140. The largest absolute Gasteiger partial charge is 0.469 e. The summed E-state index contributed by atoms with van der Waals surface area (Å²) in [4.78, 5) is 11.7. The molecule has 4 nitrogen and oxygen atoms in total. The van der Waals surface area contributed by atoms with E-state index in [0.717, 1.165) is 6.42 Å². The standard InChI is InChI=1S/C25H46O4Si2/c1-13-14-15-16-18-21(28-30(9,10)24(2,3)4)22(19-17-20-23(26)27-8)29-31(11,12)25(5,6)7/h1,14-16,18,21-22H,17,19-20H2,2-12H3/t21-,22+/m1/s1. The molecule has 0 bridgehead atoms. The maximum absolute atomic E-state index is 11.7.